The lowest BCUT2D eigenvalue weighted by molar-refractivity contribution is 0.0299. The number of fused-ring (bicyclic) bond motifs is 2. The van der Waals surface area contributed by atoms with Gasteiger partial charge in [-0.3, -0.25) is 0 Å². The van der Waals surface area contributed by atoms with Crippen molar-refractivity contribution < 1.29 is 9.47 Å². The third-order valence-corrected chi connectivity index (χ3v) is 4.63. The molecule has 0 N–H and O–H groups in total. The second kappa shape index (κ2) is 5.30. The topological polar surface area (TPSA) is 47.5 Å². The van der Waals surface area contributed by atoms with E-state index in [1.807, 2.05) is 6.20 Å². The lowest BCUT2D eigenvalue weighted by Gasteiger charge is -2.32. The summed E-state index contributed by atoms with van der Waals surface area (Å²) < 4.78 is 11.3. The second-order valence-electron chi connectivity index (χ2n) is 6.03. The highest BCUT2D eigenvalue weighted by atomic mass is 16.5. The molecule has 2 unspecified atom stereocenters. The number of aromatic nitrogens is 2. The summed E-state index contributed by atoms with van der Waals surface area (Å²) in [6.07, 6.45) is 7.18. The van der Waals surface area contributed by atoms with Crippen LogP contribution in [0, 0.1) is 0 Å². The molecule has 2 atom stereocenters. The number of hydrogen-bond donors (Lipinski definition) is 0. The number of anilines is 1. The summed E-state index contributed by atoms with van der Waals surface area (Å²) in [5.41, 5.74) is 1.18. The van der Waals surface area contributed by atoms with E-state index in [1.165, 1.54) is 18.5 Å². The zero-order valence-electron chi connectivity index (χ0n) is 11.7. The van der Waals surface area contributed by atoms with Crippen LogP contribution >= 0.6 is 0 Å². The molecule has 4 heterocycles. The Morgan fingerprint density at radius 3 is 2.55 bits per heavy atom. The first-order valence-electron chi connectivity index (χ1n) is 7.69. The van der Waals surface area contributed by atoms with Gasteiger partial charge in [-0.2, -0.15) is 0 Å². The van der Waals surface area contributed by atoms with Crippen LogP contribution in [0.2, 0.25) is 0 Å². The Morgan fingerprint density at radius 2 is 1.80 bits per heavy atom. The molecular formula is C15H21N3O2. The van der Waals surface area contributed by atoms with Crippen molar-refractivity contribution in [1.82, 2.24) is 9.97 Å². The summed E-state index contributed by atoms with van der Waals surface area (Å²) in [6, 6.07) is 2.06. The predicted molar refractivity (Wildman–Crippen MR) is 74.9 cm³/mol. The molecule has 20 heavy (non-hydrogen) atoms. The van der Waals surface area contributed by atoms with Gasteiger partial charge in [0.25, 0.3) is 0 Å². The number of nitrogens with zero attached hydrogens (tertiary/aromatic N) is 3. The van der Waals surface area contributed by atoms with E-state index >= 15 is 0 Å². The number of morpholine rings is 1. The van der Waals surface area contributed by atoms with E-state index in [0.717, 1.165) is 45.1 Å². The first-order valence-corrected chi connectivity index (χ1v) is 7.69. The Hall–Kier alpha value is -1.20. The van der Waals surface area contributed by atoms with Crippen molar-refractivity contribution in [2.75, 3.05) is 31.2 Å². The van der Waals surface area contributed by atoms with Crippen molar-refractivity contribution in [1.29, 1.82) is 0 Å². The molecule has 0 aliphatic carbocycles. The van der Waals surface area contributed by atoms with Gasteiger partial charge in [-0.15, -0.1) is 0 Å². The van der Waals surface area contributed by atoms with E-state index in [2.05, 4.69) is 16.0 Å². The Balaban J connectivity index is 1.53. The maximum absolute atomic E-state index is 5.88. The molecule has 2 bridgehead atoms. The predicted octanol–water partition coefficient (Wildman–Crippen LogP) is 1.74. The smallest absolute Gasteiger partial charge is 0.225 e. The maximum atomic E-state index is 5.88. The fourth-order valence-electron chi connectivity index (χ4n) is 3.51. The molecule has 1 aromatic rings. The van der Waals surface area contributed by atoms with E-state index in [9.17, 15) is 0 Å². The molecule has 3 fully saturated rings. The summed E-state index contributed by atoms with van der Waals surface area (Å²) in [5.74, 6) is 1.41. The highest BCUT2D eigenvalue weighted by molar-refractivity contribution is 5.33. The van der Waals surface area contributed by atoms with Gasteiger partial charge in [0.05, 0.1) is 12.2 Å². The van der Waals surface area contributed by atoms with Crippen molar-refractivity contribution in [3.8, 4) is 0 Å². The van der Waals surface area contributed by atoms with E-state index in [-0.39, 0.29) is 0 Å². The molecule has 5 heteroatoms. The molecule has 3 aliphatic heterocycles. The molecule has 5 nitrogen and oxygen atoms in total. The zero-order valence-corrected chi connectivity index (χ0v) is 11.7. The third kappa shape index (κ3) is 2.40. The third-order valence-electron chi connectivity index (χ3n) is 4.63. The molecule has 1 aromatic heterocycles. The first-order chi connectivity index (χ1) is 9.88. The van der Waals surface area contributed by atoms with Gasteiger partial charge in [0.15, 0.2) is 0 Å². The summed E-state index contributed by atoms with van der Waals surface area (Å²) in [7, 11) is 0. The lowest BCUT2D eigenvalue weighted by Crippen LogP contribution is -2.43. The van der Waals surface area contributed by atoms with Gasteiger partial charge in [-0.05, 0) is 31.7 Å². The highest BCUT2D eigenvalue weighted by Crippen LogP contribution is 2.30. The van der Waals surface area contributed by atoms with Crippen molar-refractivity contribution in [3.63, 3.8) is 0 Å². The van der Waals surface area contributed by atoms with Crippen molar-refractivity contribution in [3.05, 3.63) is 18.0 Å². The molecule has 0 spiro atoms. The first kappa shape index (κ1) is 12.5. The normalized spacial score (nSPS) is 30.7. The van der Waals surface area contributed by atoms with Gasteiger partial charge >= 0.3 is 0 Å². The van der Waals surface area contributed by atoms with Crippen molar-refractivity contribution in [2.45, 2.75) is 43.8 Å². The highest BCUT2D eigenvalue weighted by Gasteiger charge is 2.34. The monoisotopic (exact) mass is 275 g/mol. The molecule has 0 amide bonds. The fraction of sp³-hybridized carbons (Fsp3) is 0.733. The van der Waals surface area contributed by atoms with Gasteiger partial charge in [0.1, 0.15) is 0 Å². The van der Waals surface area contributed by atoms with Crippen LogP contribution in [0.1, 0.15) is 37.3 Å². The van der Waals surface area contributed by atoms with Crippen LogP contribution < -0.4 is 4.90 Å². The summed E-state index contributed by atoms with van der Waals surface area (Å²) in [5, 5.41) is 0. The van der Waals surface area contributed by atoms with Crippen LogP contribution in [-0.2, 0) is 9.47 Å². The van der Waals surface area contributed by atoms with Crippen LogP contribution in [0.5, 0.6) is 0 Å². The minimum atomic E-state index is 0.379. The molecule has 3 saturated heterocycles. The summed E-state index contributed by atoms with van der Waals surface area (Å²) in [6.45, 7) is 3.58. The van der Waals surface area contributed by atoms with Crippen LogP contribution in [0.3, 0.4) is 0 Å². The minimum Gasteiger partial charge on any atom is -0.381 e. The van der Waals surface area contributed by atoms with Gasteiger partial charge in [0, 0.05) is 44.1 Å². The van der Waals surface area contributed by atoms with Crippen LogP contribution in [-0.4, -0.2) is 48.5 Å². The molecule has 0 saturated carbocycles. The molecule has 4 rings (SSSR count). The van der Waals surface area contributed by atoms with E-state index in [4.69, 9.17) is 14.5 Å². The molecule has 108 valence electrons. The number of rotatable bonds is 2. The fourth-order valence-corrected chi connectivity index (χ4v) is 3.51. The standard InChI is InChI=1S/C15H21N3O2/c1-2-13-10-18(9-12(1)20-13)15-16-6-3-14(17-15)11-4-7-19-8-5-11/h3,6,11-13H,1-2,4-5,7-10H2. The van der Waals surface area contributed by atoms with Crippen LogP contribution in [0.4, 0.5) is 5.95 Å². The quantitative estimate of drug-likeness (QED) is 0.822. The summed E-state index contributed by atoms with van der Waals surface area (Å²) >= 11 is 0. The second-order valence-corrected chi connectivity index (χ2v) is 6.03. The van der Waals surface area contributed by atoms with Crippen LogP contribution in [0.25, 0.3) is 0 Å². The molecular weight excluding hydrogens is 254 g/mol. The number of hydrogen-bond acceptors (Lipinski definition) is 5. The SMILES string of the molecule is c1cc(C2CCOCC2)nc(N2CC3CCC(C2)O3)n1. The molecule has 3 aliphatic rings. The Morgan fingerprint density at radius 1 is 1.05 bits per heavy atom. The van der Waals surface area contributed by atoms with Gasteiger partial charge in [0.2, 0.25) is 5.95 Å². The van der Waals surface area contributed by atoms with E-state index in [0.29, 0.717) is 18.1 Å². The molecule has 0 radical (unpaired) electrons. The Labute approximate surface area is 119 Å². The van der Waals surface area contributed by atoms with Gasteiger partial charge < -0.3 is 14.4 Å². The van der Waals surface area contributed by atoms with Gasteiger partial charge in [-0.1, -0.05) is 0 Å². The average molecular weight is 275 g/mol. The molecule has 0 aromatic carbocycles. The lowest BCUT2D eigenvalue weighted by atomic mass is 9.96. The number of ether oxygens (including phenoxy) is 2. The van der Waals surface area contributed by atoms with Gasteiger partial charge in [-0.25, -0.2) is 9.97 Å². The largest absolute Gasteiger partial charge is 0.381 e. The Bertz CT molecular complexity index is 464. The van der Waals surface area contributed by atoms with Crippen molar-refractivity contribution in [2.24, 2.45) is 0 Å². The average Bonchev–Trinajstić information content (AvgIpc) is 2.86. The minimum absolute atomic E-state index is 0.379. The zero-order chi connectivity index (χ0) is 13.4. The maximum Gasteiger partial charge on any atom is 0.225 e. The Kier molecular flexibility index (Phi) is 3.32. The summed E-state index contributed by atoms with van der Waals surface area (Å²) in [4.78, 5) is 11.6. The van der Waals surface area contributed by atoms with Crippen molar-refractivity contribution >= 4 is 5.95 Å². The van der Waals surface area contributed by atoms with E-state index in [1.54, 1.807) is 0 Å². The van der Waals surface area contributed by atoms with Crippen LogP contribution in [0.15, 0.2) is 12.3 Å². The van der Waals surface area contributed by atoms with E-state index < -0.39 is 0 Å².